The lowest BCUT2D eigenvalue weighted by Crippen LogP contribution is -2.50. The molecule has 3 heterocycles. The van der Waals surface area contributed by atoms with Crippen LogP contribution in [0, 0.1) is 11.3 Å². The van der Waals surface area contributed by atoms with E-state index in [1.54, 1.807) is 42.9 Å². The summed E-state index contributed by atoms with van der Waals surface area (Å²) < 4.78 is 47.9. The van der Waals surface area contributed by atoms with Crippen LogP contribution in [0.4, 0.5) is 0 Å². The number of carbonyl (C=O) groups is 4. The molecule has 4 amide bonds. The van der Waals surface area contributed by atoms with Crippen LogP contribution in [0.2, 0.25) is 0 Å². The number of aromatic amines is 3. The molecule has 7 N–H and O–H groups in total. The van der Waals surface area contributed by atoms with E-state index in [4.69, 9.17) is 42.7 Å². The number of H-pyrrole nitrogens is 3. The molecule has 28 heteroatoms. The first-order valence-electron chi connectivity index (χ1n) is 25.0. The van der Waals surface area contributed by atoms with Gasteiger partial charge >= 0.3 is 8.53 Å². The van der Waals surface area contributed by atoms with E-state index in [2.05, 4.69) is 78.2 Å². The third-order valence-electron chi connectivity index (χ3n) is 10.8. The Morgan fingerprint density at radius 1 is 0.600 bits per heavy atom. The maximum absolute atomic E-state index is 14.3. The van der Waals surface area contributed by atoms with E-state index >= 15 is 0 Å². The third kappa shape index (κ3) is 26.3. The summed E-state index contributed by atoms with van der Waals surface area (Å²) in [5.74, 6) is -0.983. The predicted molar refractivity (Wildman–Crippen MR) is 270 cm³/mol. The molecule has 3 aromatic heterocycles. The van der Waals surface area contributed by atoms with Crippen LogP contribution >= 0.6 is 8.53 Å². The van der Waals surface area contributed by atoms with Gasteiger partial charge in [0.15, 0.2) is 0 Å². The van der Waals surface area contributed by atoms with Gasteiger partial charge < -0.3 is 58.7 Å². The lowest BCUT2D eigenvalue weighted by atomic mass is 9.82. The summed E-state index contributed by atoms with van der Waals surface area (Å²) in [6.45, 7) is 12.3. The molecule has 0 aliphatic rings. The topological polar surface area (TPSA) is 342 Å². The summed E-state index contributed by atoms with van der Waals surface area (Å²) in [5.41, 5.74) is 1.04. The van der Waals surface area contributed by atoms with Gasteiger partial charge in [0.2, 0.25) is 17.7 Å². The maximum Gasteiger partial charge on any atom is 0.321 e. The van der Waals surface area contributed by atoms with Gasteiger partial charge in [0.25, 0.3) is 5.91 Å². The Morgan fingerprint density at radius 2 is 1.00 bits per heavy atom. The van der Waals surface area contributed by atoms with Crippen molar-refractivity contribution in [1.82, 2.24) is 72.2 Å². The van der Waals surface area contributed by atoms with Gasteiger partial charge in [-0.15, -0.1) is 0 Å². The van der Waals surface area contributed by atoms with Gasteiger partial charge in [-0.05, 0) is 71.2 Å². The maximum atomic E-state index is 14.3. The van der Waals surface area contributed by atoms with Crippen LogP contribution in [-0.4, -0.2) is 178 Å². The van der Waals surface area contributed by atoms with Crippen LogP contribution in [0.25, 0.3) is 0 Å². The molecule has 0 bridgehead atoms. The monoisotopic (exact) mass is 1070 g/mol. The van der Waals surface area contributed by atoms with Crippen molar-refractivity contribution in [3.05, 3.63) is 65.5 Å². The van der Waals surface area contributed by atoms with Crippen LogP contribution in [0.3, 0.4) is 0 Å². The first kappa shape index (κ1) is 61.5. The van der Waals surface area contributed by atoms with Crippen LogP contribution in [0.5, 0.6) is 5.75 Å². The molecule has 0 radical (unpaired) electrons. The molecule has 4 aromatic rings. The first-order chi connectivity index (χ1) is 36.5. The molecule has 0 fully saturated rings. The van der Waals surface area contributed by atoms with Gasteiger partial charge in [0, 0.05) is 62.1 Å². The van der Waals surface area contributed by atoms with Gasteiger partial charge in [-0.1, -0.05) is 0 Å². The van der Waals surface area contributed by atoms with Crippen LogP contribution in [-0.2, 0) is 67.1 Å². The number of benzene rings is 1. The quantitative estimate of drug-likeness (QED) is 0.0247. The molecule has 0 aliphatic heterocycles. The normalized spacial score (nSPS) is 12.0. The second-order valence-electron chi connectivity index (χ2n) is 17.3. The number of nitrogens with zero attached hydrogens (tertiary/aromatic N) is 8. The lowest BCUT2D eigenvalue weighted by molar-refractivity contribution is -0.121. The molecule has 414 valence electrons. The van der Waals surface area contributed by atoms with Crippen molar-refractivity contribution in [2.45, 2.75) is 110 Å². The molecule has 0 saturated carbocycles. The Hall–Kier alpha value is -6.08. The Balaban J connectivity index is 1.41. The molecule has 0 spiro atoms. The number of rotatable bonds is 43. The number of aromatic nitrogens is 9. The van der Waals surface area contributed by atoms with E-state index in [1.807, 2.05) is 27.7 Å². The zero-order valence-corrected chi connectivity index (χ0v) is 44.3. The van der Waals surface area contributed by atoms with E-state index in [0.717, 1.165) is 0 Å². The summed E-state index contributed by atoms with van der Waals surface area (Å²) in [5, 5.41) is 51.5. The van der Waals surface area contributed by atoms with Gasteiger partial charge in [0.05, 0.1) is 117 Å². The van der Waals surface area contributed by atoms with Gasteiger partial charge in [-0.2, -0.15) is 51.5 Å². The molecule has 75 heavy (non-hydrogen) atoms. The van der Waals surface area contributed by atoms with Gasteiger partial charge in [-0.3, -0.25) is 19.2 Å². The summed E-state index contributed by atoms with van der Waals surface area (Å²) in [6.07, 6.45) is 5.01. The average molecular weight is 1070 g/mol. The number of hydrogen-bond acceptors (Lipinski definition) is 20. The second-order valence-corrected chi connectivity index (χ2v) is 18.7. The largest absolute Gasteiger partial charge is 0.436 e. The summed E-state index contributed by atoms with van der Waals surface area (Å²) in [7, 11) is -1.61. The molecule has 0 saturated heterocycles. The van der Waals surface area contributed by atoms with E-state index in [0.29, 0.717) is 62.5 Å². The van der Waals surface area contributed by atoms with E-state index in [1.165, 1.54) is 0 Å². The predicted octanol–water partition coefficient (Wildman–Crippen LogP) is 2.55. The number of ether oxygens (including phenoxy) is 6. The SMILES string of the molecule is CC(C)N(C(C)C)P(OCCC#N)Oc1ccc(C(=O)NC(CCC(=O)NCCOCCOCc2cn[nH]n2)(CCC(=O)NCCOCCOCc2cn[nH]n2)CCC(=O)NCCOCCOCc2cn[nH]n2)cc1. The number of hydrogen-bond donors (Lipinski definition) is 7. The first-order valence-corrected chi connectivity index (χ1v) is 26.1. The average Bonchev–Trinajstić information content (AvgIpc) is 4.23. The molecular weight excluding hydrogens is 998 g/mol. The fraction of sp³-hybridized carbons (Fsp3) is 0.638. The number of amides is 4. The second kappa shape index (κ2) is 36.8. The Morgan fingerprint density at radius 3 is 1.36 bits per heavy atom. The highest BCUT2D eigenvalue weighted by Gasteiger charge is 2.34. The third-order valence-corrected chi connectivity index (χ3v) is 12.9. The number of carbonyl (C=O) groups excluding carboxylic acids is 4. The molecular formula is C47H74N15O12P. The van der Waals surface area contributed by atoms with Crippen molar-refractivity contribution < 1.29 is 56.6 Å². The van der Waals surface area contributed by atoms with Crippen molar-refractivity contribution in [1.29, 1.82) is 5.26 Å². The zero-order chi connectivity index (χ0) is 53.8. The molecule has 0 aliphatic carbocycles. The highest BCUT2D eigenvalue weighted by molar-refractivity contribution is 7.45. The van der Waals surface area contributed by atoms with E-state index in [9.17, 15) is 19.2 Å². The van der Waals surface area contributed by atoms with Crippen molar-refractivity contribution in [3.8, 4) is 11.8 Å². The minimum Gasteiger partial charge on any atom is -0.436 e. The van der Waals surface area contributed by atoms with Gasteiger partial charge in [0.1, 0.15) is 22.8 Å². The van der Waals surface area contributed by atoms with Crippen LogP contribution in [0.15, 0.2) is 42.9 Å². The van der Waals surface area contributed by atoms with Crippen molar-refractivity contribution in [2.75, 3.05) is 85.7 Å². The summed E-state index contributed by atoms with van der Waals surface area (Å²) in [6, 6.07) is 8.78. The smallest absolute Gasteiger partial charge is 0.321 e. The Bertz CT molecular complexity index is 2020. The van der Waals surface area contributed by atoms with Crippen LogP contribution in [0.1, 0.15) is 100 Å². The summed E-state index contributed by atoms with van der Waals surface area (Å²) in [4.78, 5) is 54.5. The number of nitriles is 1. The van der Waals surface area contributed by atoms with E-state index < -0.39 is 20.0 Å². The standard InChI is InChI=1S/C47H74N15O12P/c1-36(2)62(37(3)4)75(73-20-5-16-48)74-42-8-6-38(7-9-42)46(66)55-47(13-10-43(63)49-17-21-67-24-27-70-33-39-30-52-59-56-39,14-11-44(64)50-18-22-68-25-28-71-34-40-31-53-60-57-40)15-12-45(65)51-19-23-69-26-29-72-35-41-32-54-61-58-41/h6-9,30-32,36-37H,5,10-15,17-29,33-35H2,1-4H3,(H,49,63)(H,50,64)(H,51,65)(H,55,66)(H,52,56,59)(H,53,57,60)(H,54,58,61). The molecule has 1 atom stereocenters. The minimum absolute atomic E-state index is 0.0478. The minimum atomic E-state index is -1.61. The number of nitrogens with one attached hydrogen (secondary N) is 7. The highest BCUT2D eigenvalue weighted by atomic mass is 31.2. The van der Waals surface area contributed by atoms with Crippen LogP contribution < -0.4 is 25.8 Å². The van der Waals surface area contributed by atoms with Gasteiger partial charge in [-0.25, -0.2) is 4.67 Å². The van der Waals surface area contributed by atoms with Crippen molar-refractivity contribution in [2.24, 2.45) is 0 Å². The fourth-order valence-corrected chi connectivity index (χ4v) is 8.69. The Labute approximate surface area is 438 Å². The Kier molecular flexibility index (Phi) is 30.2. The molecule has 1 aromatic carbocycles. The molecule has 4 rings (SSSR count). The van der Waals surface area contributed by atoms with E-state index in [-0.39, 0.29) is 146 Å². The molecule has 1 unspecified atom stereocenters. The summed E-state index contributed by atoms with van der Waals surface area (Å²) >= 11 is 0. The van der Waals surface area contributed by atoms with Crippen molar-refractivity contribution >= 4 is 32.2 Å². The lowest BCUT2D eigenvalue weighted by Gasteiger charge is -2.35. The zero-order valence-electron chi connectivity index (χ0n) is 43.4. The molecule has 27 nitrogen and oxygen atoms in total. The van der Waals surface area contributed by atoms with Crippen molar-refractivity contribution in [3.63, 3.8) is 0 Å². The highest BCUT2D eigenvalue weighted by Crippen LogP contribution is 2.46. The fourth-order valence-electron chi connectivity index (χ4n) is 7.10.